The van der Waals surface area contributed by atoms with Crippen LogP contribution >= 0.6 is 0 Å². The Labute approximate surface area is 146 Å². The summed E-state index contributed by atoms with van der Waals surface area (Å²) in [5.74, 6) is 0.326. The number of rotatable bonds is 5. The van der Waals surface area contributed by atoms with E-state index in [1.54, 1.807) is 24.5 Å². The van der Waals surface area contributed by atoms with Crippen molar-refractivity contribution in [3.8, 4) is 0 Å². The van der Waals surface area contributed by atoms with E-state index < -0.39 is 0 Å². The van der Waals surface area contributed by atoms with Gasteiger partial charge >= 0.3 is 0 Å². The smallest absolute Gasteiger partial charge is 0.276 e. The van der Waals surface area contributed by atoms with Gasteiger partial charge in [-0.1, -0.05) is 18.2 Å². The fourth-order valence-corrected chi connectivity index (χ4v) is 2.32. The van der Waals surface area contributed by atoms with E-state index in [-0.39, 0.29) is 11.6 Å². The Morgan fingerprint density at radius 3 is 2.64 bits per heavy atom. The summed E-state index contributed by atoms with van der Waals surface area (Å²) in [6.07, 6.45) is 3.51. The van der Waals surface area contributed by atoms with Crippen LogP contribution in [0.3, 0.4) is 0 Å². The standard InChI is InChI=1S/C19H19N5O/c1-13-5-3-7-16(14(13)2)22-19(25)17-8-9-18(24-23-17)21-12-15-6-4-10-20-11-15/h3-11H,12H2,1-2H3,(H,21,24)(H,22,25). The maximum Gasteiger partial charge on any atom is 0.276 e. The summed E-state index contributed by atoms with van der Waals surface area (Å²) in [4.78, 5) is 16.4. The zero-order chi connectivity index (χ0) is 17.6. The van der Waals surface area contributed by atoms with Gasteiger partial charge in [0.2, 0.25) is 0 Å². The molecule has 0 atom stereocenters. The molecule has 3 aromatic rings. The van der Waals surface area contributed by atoms with E-state index in [0.29, 0.717) is 12.4 Å². The van der Waals surface area contributed by atoms with Crippen LogP contribution in [0.25, 0.3) is 0 Å². The van der Waals surface area contributed by atoms with Crippen LogP contribution in [0, 0.1) is 13.8 Å². The molecule has 0 saturated heterocycles. The molecule has 2 N–H and O–H groups in total. The first-order chi connectivity index (χ1) is 12.1. The van der Waals surface area contributed by atoms with Crippen LogP contribution in [0.5, 0.6) is 0 Å². The highest BCUT2D eigenvalue weighted by Gasteiger charge is 2.10. The van der Waals surface area contributed by atoms with Gasteiger partial charge < -0.3 is 10.6 Å². The third-order valence-electron chi connectivity index (χ3n) is 3.95. The first-order valence-corrected chi connectivity index (χ1v) is 7.97. The zero-order valence-corrected chi connectivity index (χ0v) is 14.2. The molecule has 6 heteroatoms. The third kappa shape index (κ3) is 4.17. The number of carbonyl (C=O) groups is 1. The van der Waals surface area contributed by atoms with E-state index in [2.05, 4.69) is 25.8 Å². The van der Waals surface area contributed by atoms with E-state index in [1.165, 1.54) is 0 Å². The summed E-state index contributed by atoms with van der Waals surface area (Å²) in [6, 6.07) is 13.0. The van der Waals surface area contributed by atoms with Crippen LogP contribution in [-0.2, 0) is 6.54 Å². The number of anilines is 2. The second kappa shape index (κ2) is 7.53. The first kappa shape index (κ1) is 16.6. The van der Waals surface area contributed by atoms with Crippen molar-refractivity contribution in [1.29, 1.82) is 0 Å². The molecular weight excluding hydrogens is 314 g/mol. The lowest BCUT2D eigenvalue weighted by Crippen LogP contribution is -2.15. The molecule has 0 fully saturated rings. The fraction of sp³-hybridized carbons (Fsp3) is 0.158. The zero-order valence-electron chi connectivity index (χ0n) is 14.2. The lowest BCUT2D eigenvalue weighted by molar-refractivity contribution is 0.102. The van der Waals surface area contributed by atoms with Gasteiger partial charge in [0.05, 0.1) is 0 Å². The molecule has 0 aliphatic rings. The second-order valence-electron chi connectivity index (χ2n) is 5.72. The van der Waals surface area contributed by atoms with Crippen LogP contribution in [0.2, 0.25) is 0 Å². The van der Waals surface area contributed by atoms with Crippen molar-refractivity contribution >= 4 is 17.4 Å². The van der Waals surface area contributed by atoms with Crippen molar-refractivity contribution in [2.75, 3.05) is 10.6 Å². The van der Waals surface area contributed by atoms with Crippen molar-refractivity contribution in [2.24, 2.45) is 0 Å². The van der Waals surface area contributed by atoms with E-state index in [1.807, 2.05) is 44.2 Å². The molecule has 2 heterocycles. The van der Waals surface area contributed by atoms with Gasteiger partial charge in [0, 0.05) is 24.6 Å². The molecule has 1 aromatic carbocycles. The molecule has 0 saturated carbocycles. The number of benzene rings is 1. The van der Waals surface area contributed by atoms with E-state index >= 15 is 0 Å². The van der Waals surface area contributed by atoms with E-state index in [0.717, 1.165) is 22.4 Å². The topological polar surface area (TPSA) is 79.8 Å². The largest absolute Gasteiger partial charge is 0.364 e. The Balaban J connectivity index is 1.63. The molecule has 25 heavy (non-hydrogen) atoms. The SMILES string of the molecule is Cc1cccc(NC(=O)c2ccc(NCc3cccnc3)nn2)c1C. The molecule has 0 aliphatic carbocycles. The number of pyridine rings is 1. The second-order valence-corrected chi connectivity index (χ2v) is 5.72. The van der Waals surface area contributed by atoms with Crippen LogP contribution < -0.4 is 10.6 Å². The number of amides is 1. The minimum Gasteiger partial charge on any atom is -0.364 e. The molecule has 2 aromatic heterocycles. The number of aromatic nitrogens is 3. The predicted molar refractivity (Wildman–Crippen MR) is 97.5 cm³/mol. The Morgan fingerprint density at radius 2 is 1.92 bits per heavy atom. The van der Waals surface area contributed by atoms with Crippen molar-refractivity contribution in [2.45, 2.75) is 20.4 Å². The number of nitrogens with one attached hydrogen (secondary N) is 2. The van der Waals surface area contributed by atoms with Crippen LogP contribution in [0.4, 0.5) is 11.5 Å². The highest BCUT2D eigenvalue weighted by Crippen LogP contribution is 2.18. The molecule has 6 nitrogen and oxygen atoms in total. The van der Waals surface area contributed by atoms with E-state index in [9.17, 15) is 4.79 Å². The number of hydrogen-bond acceptors (Lipinski definition) is 5. The van der Waals surface area contributed by atoms with Crippen molar-refractivity contribution in [3.63, 3.8) is 0 Å². The van der Waals surface area contributed by atoms with Gasteiger partial charge in [-0.25, -0.2) is 0 Å². The average Bonchev–Trinajstić information content (AvgIpc) is 2.65. The summed E-state index contributed by atoms with van der Waals surface area (Å²) in [5, 5.41) is 14.1. The summed E-state index contributed by atoms with van der Waals surface area (Å²) >= 11 is 0. The minimum atomic E-state index is -0.278. The highest BCUT2D eigenvalue weighted by atomic mass is 16.1. The van der Waals surface area contributed by atoms with Gasteiger partial charge in [-0.2, -0.15) is 0 Å². The van der Waals surface area contributed by atoms with Crippen molar-refractivity contribution in [1.82, 2.24) is 15.2 Å². The summed E-state index contributed by atoms with van der Waals surface area (Å²) in [6.45, 7) is 4.58. The summed E-state index contributed by atoms with van der Waals surface area (Å²) < 4.78 is 0. The maximum absolute atomic E-state index is 12.3. The summed E-state index contributed by atoms with van der Waals surface area (Å²) in [7, 11) is 0. The van der Waals surface area contributed by atoms with Gasteiger partial charge in [-0.3, -0.25) is 9.78 Å². The number of nitrogens with zero attached hydrogens (tertiary/aromatic N) is 3. The summed E-state index contributed by atoms with van der Waals surface area (Å²) in [5.41, 5.74) is 4.26. The normalized spacial score (nSPS) is 10.3. The van der Waals surface area contributed by atoms with Gasteiger partial charge in [0.1, 0.15) is 5.82 Å². The minimum absolute atomic E-state index is 0.271. The van der Waals surface area contributed by atoms with Gasteiger partial charge in [0.15, 0.2) is 5.69 Å². The lowest BCUT2D eigenvalue weighted by atomic mass is 10.1. The molecule has 0 bridgehead atoms. The molecule has 0 spiro atoms. The Bertz CT molecular complexity index is 863. The molecule has 0 radical (unpaired) electrons. The molecule has 126 valence electrons. The Morgan fingerprint density at radius 1 is 1.04 bits per heavy atom. The van der Waals surface area contributed by atoms with Crippen LogP contribution in [-0.4, -0.2) is 21.1 Å². The van der Waals surface area contributed by atoms with E-state index in [4.69, 9.17) is 0 Å². The Hall–Kier alpha value is -3.28. The third-order valence-corrected chi connectivity index (χ3v) is 3.95. The molecule has 0 unspecified atom stereocenters. The van der Waals surface area contributed by atoms with Crippen molar-refractivity contribution in [3.05, 3.63) is 77.2 Å². The molecular formula is C19H19N5O. The maximum atomic E-state index is 12.3. The lowest BCUT2D eigenvalue weighted by Gasteiger charge is -2.10. The molecule has 0 aliphatic heterocycles. The number of carbonyl (C=O) groups excluding carboxylic acids is 1. The molecule has 3 rings (SSSR count). The fourth-order valence-electron chi connectivity index (χ4n) is 2.32. The monoisotopic (exact) mass is 333 g/mol. The van der Waals surface area contributed by atoms with Gasteiger partial charge in [0.25, 0.3) is 5.91 Å². The Kier molecular flexibility index (Phi) is 4.99. The molecule has 1 amide bonds. The van der Waals surface area contributed by atoms with Gasteiger partial charge in [-0.15, -0.1) is 10.2 Å². The predicted octanol–water partition coefficient (Wildman–Crippen LogP) is 3.35. The number of hydrogen-bond donors (Lipinski definition) is 2. The quantitative estimate of drug-likeness (QED) is 0.748. The van der Waals surface area contributed by atoms with Crippen LogP contribution in [0.1, 0.15) is 27.2 Å². The van der Waals surface area contributed by atoms with Crippen molar-refractivity contribution < 1.29 is 4.79 Å². The van der Waals surface area contributed by atoms with Crippen LogP contribution in [0.15, 0.2) is 54.9 Å². The van der Waals surface area contributed by atoms with Gasteiger partial charge in [-0.05, 0) is 54.8 Å². The average molecular weight is 333 g/mol. The highest BCUT2D eigenvalue weighted by molar-refractivity contribution is 6.03. The number of aryl methyl sites for hydroxylation is 1. The first-order valence-electron chi connectivity index (χ1n) is 7.97.